The van der Waals surface area contributed by atoms with Crippen LogP contribution in [0, 0.1) is 0 Å². The fourth-order valence-corrected chi connectivity index (χ4v) is 6.55. The second-order valence-electron chi connectivity index (χ2n) is 8.33. The smallest absolute Gasteiger partial charge is 0.286 e. The molecule has 2 aromatic heterocycles. The largest absolute Gasteiger partial charge is 0.505 e. The van der Waals surface area contributed by atoms with Crippen molar-refractivity contribution in [1.82, 2.24) is 4.57 Å². The molecule has 0 saturated heterocycles. The molecule has 0 fully saturated rings. The van der Waals surface area contributed by atoms with E-state index in [0.29, 0.717) is 15.9 Å². The average molecular weight is 514 g/mol. The molecule has 3 heterocycles. The van der Waals surface area contributed by atoms with Crippen molar-refractivity contribution < 1.29 is 13.5 Å². The molecule has 0 amide bonds. The Kier molecular flexibility index (Phi) is 5.24. The number of amidine groups is 1. The van der Waals surface area contributed by atoms with Crippen molar-refractivity contribution in [3.8, 4) is 16.2 Å². The Morgan fingerprint density at radius 2 is 1.58 bits per heavy atom. The zero-order chi connectivity index (χ0) is 24.9. The van der Waals surface area contributed by atoms with Crippen molar-refractivity contribution in [1.29, 1.82) is 0 Å². The van der Waals surface area contributed by atoms with Gasteiger partial charge < -0.3 is 15.0 Å². The number of para-hydroxylation sites is 1. The lowest BCUT2D eigenvalue weighted by Gasteiger charge is -2.19. The van der Waals surface area contributed by atoms with Gasteiger partial charge in [-0.1, -0.05) is 72.8 Å². The van der Waals surface area contributed by atoms with Gasteiger partial charge in [-0.3, -0.25) is 4.79 Å². The van der Waals surface area contributed by atoms with E-state index in [-0.39, 0.29) is 28.6 Å². The number of aromatic hydroxyl groups is 1. The van der Waals surface area contributed by atoms with Gasteiger partial charge in [0.25, 0.3) is 15.6 Å². The van der Waals surface area contributed by atoms with Crippen LogP contribution in [0.5, 0.6) is 5.75 Å². The quantitative estimate of drug-likeness (QED) is 0.351. The summed E-state index contributed by atoms with van der Waals surface area (Å²) in [5, 5.41) is 14.3. The minimum Gasteiger partial charge on any atom is -0.505 e. The van der Waals surface area contributed by atoms with Crippen LogP contribution < -0.4 is 10.9 Å². The summed E-state index contributed by atoms with van der Waals surface area (Å²) in [7, 11) is -4.07. The summed E-state index contributed by atoms with van der Waals surface area (Å²) >= 11 is 1.33. The predicted octanol–water partition coefficient (Wildman–Crippen LogP) is 5.04. The van der Waals surface area contributed by atoms with Crippen LogP contribution in [0.2, 0.25) is 0 Å². The van der Waals surface area contributed by atoms with Gasteiger partial charge in [-0.05, 0) is 29.3 Å². The first kappa shape index (κ1) is 22.3. The molecule has 36 heavy (non-hydrogen) atoms. The molecule has 2 N–H and O–H groups in total. The Labute approximate surface area is 210 Å². The molecule has 0 saturated carbocycles. The monoisotopic (exact) mass is 513 g/mol. The van der Waals surface area contributed by atoms with E-state index in [1.807, 2.05) is 66.7 Å². The standard InChI is InChI=1S/C27H19N3O4S2/c31-24-23(26-28-19-13-7-8-14-22(19)36(33,34)29-26)27(32)30(16-17-9-3-1-4-10-17)20-15-21(35-25(20)24)18-11-5-2-6-12-18/h1-15,31H,16H2,(H,28,29). The van der Waals surface area contributed by atoms with Gasteiger partial charge >= 0.3 is 0 Å². The van der Waals surface area contributed by atoms with E-state index >= 15 is 0 Å². The first-order chi connectivity index (χ1) is 17.4. The fourth-order valence-electron chi connectivity index (χ4n) is 4.31. The third kappa shape index (κ3) is 3.69. The van der Waals surface area contributed by atoms with E-state index in [9.17, 15) is 18.3 Å². The number of hydrogen-bond acceptors (Lipinski definition) is 6. The maximum atomic E-state index is 13.9. The van der Waals surface area contributed by atoms with Crippen LogP contribution in [0.4, 0.5) is 5.69 Å². The van der Waals surface area contributed by atoms with E-state index in [0.717, 1.165) is 16.0 Å². The SMILES string of the molecule is O=c1c(C2=NS(=O)(=O)c3ccccc3N2)c(O)c2sc(-c3ccccc3)cc2n1Cc1ccccc1. The second kappa shape index (κ2) is 8.47. The number of pyridine rings is 1. The molecular formula is C27H19N3O4S2. The van der Waals surface area contributed by atoms with Crippen molar-refractivity contribution >= 4 is 43.1 Å². The Bertz CT molecular complexity index is 1820. The van der Waals surface area contributed by atoms with Crippen LogP contribution in [0.15, 0.2) is 105 Å². The van der Waals surface area contributed by atoms with E-state index in [1.165, 1.54) is 17.4 Å². The zero-order valence-electron chi connectivity index (χ0n) is 18.8. The molecule has 9 heteroatoms. The first-order valence-electron chi connectivity index (χ1n) is 11.1. The minimum absolute atomic E-state index is 0.0152. The number of fused-ring (bicyclic) bond motifs is 2. The summed E-state index contributed by atoms with van der Waals surface area (Å²) in [5.41, 5.74) is 1.98. The summed E-state index contributed by atoms with van der Waals surface area (Å²) < 4.78 is 31.7. The van der Waals surface area contributed by atoms with Gasteiger partial charge in [-0.25, -0.2) is 0 Å². The average Bonchev–Trinajstić information content (AvgIpc) is 3.33. The zero-order valence-corrected chi connectivity index (χ0v) is 20.4. The molecule has 0 spiro atoms. The molecule has 7 nitrogen and oxygen atoms in total. The number of sulfonamides is 1. The summed E-state index contributed by atoms with van der Waals surface area (Å²) in [4.78, 5) is 14.8. The van der Waals surface area contributed by atoms with Crippen molar-refractivity contribution in [3.63, 3.8) is 0 Å². The Morgan fingerprint density at radius 1 is 0.917 bits per heavy atom. The maximum Gasteiger partial charge on any atom is 0.286 e. The van der Waals surface area contributed by atoms with Crippen molar-refractivity contribution in [2.75, 3.05) is 5.32 Å². The molecular weight excluding hydrogens is 494 g/mol. The molecule has 6 rings (SSSR count). The Hall–Kier alpha value is -4.21. The third-order valence-electron chi connectivity index (χ3n) is 6.02. The molecule has 0 bridgehead atoms. The van der Waals surface area contributed by atoms with Crippen LogP contribution in [0.3, 0.4) is 0 Å². The van der Waals surface area contributed by atoms with E-state index in [1.54, 1.807) is 22.8 Å². The number of thiophene rings is 1. The second-order valence-corrected chi connectivity index (χ2v) is 11.0. The van der Waals surface area contributed by atoms with E-state index in [4.69, 9.17) is 0 Å². The molecule has 0 unspecified atom stereocenters. The molecule has 3 aromatic carbocycles. The highest BCUT2D eigenvalue weighted by molar-refractivity contribution is 7.90. The Morgan fingerprint density at radius 3 is 2.33 bits per heavy atom. The lowest BCUT2D eigenvalue weighted by Crippen LogP contribution is -2.32. The lowest BCUT2D eigenvalue weighted by atomic mass is 10.1. The van der Waals surface area contributed by atoms with Gasteiger partial charge in [0.05, 0.1) is 22.4 Å². The van der Waals surface area contributed by atoms with Gasteiger partial charge in [-0.15, -0.1) is 15.7 Å². The first-order valence-corrected chi connectivity index (χ1v) is 13.4. The maximum absolute atomic E-state index is 13.9. The minimum atomic E-state index is -4.07. The third-order valence-corrected chi connectivity index (χ3v) is 8.54. The summed E-state index contributed by atoms with van der Waals surface area (Å²) in [6.45, 7) is 0.241. The van der Waals surface area contributed by atoms with Crippen molar-refractivity contribution in [2.24, 2.45) is 4.40 Å². The number of hydrogen-bond donors (Lipinski definition) is 2. The highest BCUT2D eigenvalue weighted by atomic mass is 32.2. The van der Waals surface area contributed by atoms with Crippen LogP contribution >= 0.6 is 11.3 Å². The topological polar surface area (TPSA) is 101 Å². The van der Waals surface area contributed by atoms with Gasteiger partial charge in [0, 0.05) is 4.88 Å². The van der Waals surface area contributed by atoms with E-state index < -0.39 is 15.6 Å². The molecule has 0 radical (unpaired) electrons. The Balaban J connectivity index is 1.62. The van der Waals surface area contributed by atoms with Crippen molar-refractivity contribution in [2.45, 2.75) is 11.4 Å². The van der Waals surface area contributed by atoms with Gasteiger partial charge in [-0.2, -0.15) is 8.42 Å². The molecule has 0 aliphatic carbocycles. The highest BCUT2D eigenvalue weighted by Gasteiger charge is 2.30. The highest BCUT2D eigenvalue weighted by Crippen LogP contribution is 2.40. The van der Waals surface area contributed by atoms with Crippen LogP contribution in [0.1, 0.15) is 11.1 Å². The molecule has 0 atom stereocenters. The van der Waals surface area contributed by atoms with Crippen LogP contribution in [-0.4, -0.2) is 23.9 Å². The number of nitrogens with one attached hydrogen (secondary N) is 1. The fraction of sp³-hybridized carbons (Fsp3) is 0.0370. The molecule has 1 aliphatic heterocycles. The van der Waals surface area contributed by atoms with Gasteiger partial charge in [0.2, 0.25) is 0 Å². The summed E-state index contributed by atoms with van der Waals surface area (Å²) in [6, 6.07) is 27.4. The van der Waals surface area contributed by atoms with Crippen LogP contribution in [0.25, 0.3) is 20.7 Å². The molecule has 5 aromatic rings. The summed E-state index contributed by atoms with van der Waals surface area (Å²) in [5.74, 6) is -0.498. The normalized spacial score (nSPS) is 14.2. The molecule has 1 aliphatic rings. The number of anilines is 1. The lowest BCUT2D eigenvalue weighted by molar-refractivity contribution is 0.479. The van der Waals surface area contributed by atoms with Gasteiger partial charge in [0.1, 0.15) is 10.5 Å². The number of aromatic nitrogens is 1. The summed E-state index contributed by atoms with van der Waals surface area (Å²) in [6.07, 6.45) is 0. The number of rotatable bonds is 4. The number of nitrogens with zero attached hydrogens (tertiary/aromatic N) is 2. The number of benzene rings is 3. The van der Waals surface area contributed by atoms with E-state index in [2.05, 4.69) is 9.71 Å². The molecule has 178 valence electrons. The van der Waals surface area contributed by atoms with Gasteiger partial charge in [0.15, 0.2) is 11.6 Å². The van der Waals surface area contributed by atoms with Crippen molar-refractivity contribution in [3.05, 3.63) is 112 Å². The predicted molar refractivity (Wildman–Crippen MR) is 143 cm³/mol. The van der Waals surface area contributed by atoms with Crippen LogP contribution in [-0.2, 0) is 16.6 Å².